The van der Waals surface area contributed by atoms with E-state index in [9.17, 15) is 9.59 Å². The highest BCUT2D eigenvalue weighted by Crippen LogP contribution is 2.37. The van der Waals surface area contributed by atoms with Crippen molar-refractivity contribution in [2.24, 2.45) is 11.1 Å². The molecule has 0 spiro atoms. The molecule has 0 aliphatic carbocycles. The predicted molar refractivity (Wildman–Crippen MR) is 128 cm³/mol. The van der Waals surface area contributed by atoms with Crippen LogP contribution in [0.3, 0.4) is 0 Å². The lowest BCUT2D eigenvalue weighted by Crippen LogP contribution is -2.42. The van der Waals surface area contributed by atoms with Crippen LogP contribution in [0.1, 0.15) is 24.0 Å². The fourth-order valence-electron chi connectivity index (χ4n) is 4.57. The highest BCUT2D eigenvalue weighted by atomic mass is 16.5. The lowest BCUT2D eigenvalue weighted by molar-refractivity contribution is -0.132. The number of hydrogen-bond donors (Lipinski definition) is 1. The first-order valence-corrected chi connectivity index (χ1v) is 11.2. The number of nitrogens with zero attached hydrogens (tertiary/aromatic N) is 2. The van der Waals surface area contributed by atoms with Gasteiger partial charge in [-0.15, -0.1) is 0 Å². The zero-order valence-corrected chi connectivity index (χ0v) is 18.9. The fraction of sp³-hybridized carbons (Fsp3) is 0.296. The van der Waals surface area contributed by atoms with Gasteiger partial charge < -0.3 is 15.4 Å². The first-order chi connectivity index (χ1) is 16.0. The number of benzene rings is 2. The zero-order valence-electron chi connectivity index (χ0n) is 18.9. The maximum absolute atomic E-state index is 12.9. The molecular weight excluding hydrogens is 414 g/mol. The average Bonchev–Trinajstić information content (AvgIpc) is 3.29. The van der Waals surface area contributed by atoms with Gasteiger partial charge >= 0.3 is 0 Å². The molecular formula is C27H29N3O3. The molecule has 0 bridgehead atoms. The Morgan fingerprint density at radius 3 is 2.48 bits per heavy atom. The van der Waals surface area contributed by atoms with Gasteiger partial charge in [-0.25, -0.2) is 0 Å². The summed E-state index contributed by atoms with van der Waals surface area (Å²) in [6, 6.07) is 19.7. The molecule has 1 aliphatic rings. The lowest BCUT2D eigenvalue weighted by Gasteiger charge is -2.27. The van der Waals surface area contributed by atoms with Crippen molar-refractivity contribution in [1.29, 1.82) is 0 Å². The first kappa shape index (κ1) is 22.5. The summed E-state index contributed by atoms with van der Waals surface area (Å²) in [5.41, 5.74) is 9.40. The maximum atomic E-state index is 12.9. The molecule has 0 unspecified atom stereocenters. The number of hydrogen-bond acceptors (Lipinski definition) is 4. The maximum Gasteiger partial charge on any atom is 0.225 e. The molecule has 1 fully saturated rings. The van der Waals surface area contributed by atoms with Crippen LogP contribution in [0.15, 0.2) is 73.1 Å². The molecule has 0 radical (unpaired) electrons. The second-order valence-electron chi connectivity index (χ2n) is 8.63. The number of ether oxygens (including phenoxy) is 1. The molecule has 6 nitrogen and oxygen atoms in total. The molecule has 1 atom stereocenters. The van der Waals surface area contributed by atoms with Gasteiger partial charge in [0.15, 0.2) is 0 Å². The third-order valence-corrected chi connectivity index (χ3v) is 6.55. The molecule has 4 rings (SSSR count). The van der Waals surface area contributed by atoms with E-state index in [1.54, 1.807) is 24.4 Å². The Morgan fingerprint density at radius 2 is 1.79 bits per heavy atom. The largest absolute Gasteiger partial charge is 0.497 e. The van der Waals surface area contributed by atoms with E-state index in [1.165, 1.54) is 0 Å². The zero-order chi connectivity index (χ0) is 23.3. The number of aromatic nitrogens is 1. The molecule has 2 N–H and O–H groups in total. The number of rotatable bonds is 8. The smallest absolute Gasteiger partial charge is 0.225 e. The summed E-state index contributed by atoms with van der Waals surface area (Å²) in [5.74, 6) is 0.497. The lowest BCUT2D eigenvalue weighted by atomic mass is 9.78. The van der Waals surface area contributed by atoms with E-state index in [4.69, 9.17) is 10.5 Å². The molecule has 1 saturated heterocycles. The number of carbonyl (C=O) groups excluding carboxylic acids is 2. The number of pyridine rings is 1. The van der Waals surface area contributed by atoms with E-state index in [0.29, 0.717) is 38.8 Å². The van der Waals surface area contributed by atoms with Crippen LogP contribution < -0.4 is 10.5 Å². The summed E-state index contributed by atoms with van der Waals surface area (Å²) in [7, 11) is 1.63. The Labute approximate surface area is 194 Å². The van der Waals surface area contributed by atoms with Gasteiger partial charge in [-0.05, 0) is 65.8 Å². The molecule has 2 heterocycles. The highest BCUT2D eigenvalue weighted by molar-refractivity contribution is 5.85. The Bertz CT molecular complexity index is 1110. The predicted octanol–water partition coefficient (Wildman–Crippen LogP) is 3.64. The molecule has 1 aromatic heterocycles. The quantitative estimate of drug-likeness (QED) is 0.576. The second-order valence-corrected chi connectivity index (χ2v) is 8.63. The van der Waals surface area contributed by atoms with Crippen LogP contribution in [-0.2, 0) is 22.4 Å². The summed E-state index contributed by atoms with van der Waals surface area (Å²) < 4.78 is 5.18. The minimum Gasteiger partial charge on any atom is -0.497 e. The minimum absolute atomic E-state index is 0.0522. The van der Waals surface area contributed by atoms with Crippen molar-refractivity contribution in [3.63, 3.8) is 0 Å². The number of nitrogens with two attached hydrogens (primary N) is 1. The first-order valence-electron chi connectivity index (χ1n) is 11.2. The molecule has 170 valence electrons. The van der Waals surface area contributed by atoms with Crippen LogP contribution in [0.2, 0.25) is 0 Å². The van der Waals surface area contributed by atoms with Gasteiger partial charge in [-0.3, -0.25) is 14.6 Å². The summed E-state index contributed by atoms with van der Waals surface area (Å²) in [5, 5.41) is 0. The van der Waals surface area contributed by atoms with E-state index in [2.05, 4.69) is 4.98 Å². The van der Waals surface area contributed by atoms with Crippen LogP contribution in [0.5, 0.6) is 5.75 Å². The summed E-state index contributed by atoms with van der Waals surface area (Å²) in [6.07, 6.45) is 5.64. The Hall–Kier alpha value is -3.67. The van der Waals surface area contributed by atoms with Crippen molar-refractivity contribution < 1.29 is 14.3 Å². The molecule has 3 aromatic rings. The normalized spacial score (nSPS) is 17.7. The monoisotopic (exact) mass is 443 g/mol. The van der Waals surface area contributed by atoms with Crippen LogP contribution in [-0.4, -0.2) is 41.9 Å². The van der Waals surface area contributed by atoms with Gasteiger partial charge in [0.25, 0.3) is 0 Å². The van der Waals surface area contributed by atoms with Crippen molar-refractivity contribution in [2.45, 2.75) is 25.7 Å². The van der Waals surface area contributed by atoms with Crippen molar-refractivity contribution in [3.8, 4) is 16.9 Å². The summed E-state index contributed by atoms with van der Waals surface area (Å²) in [6.45, 7) is 0.899. The van der Waals surface area contributed by atoms with E-state index in [-0.39, 0.29) is 11.8 Å². The number of aryl methyl sites for hydroxylation is 1. The van der Waals surface area contributed by atoms with Gasteiger partial charge in [0.05, 0.1) is 12.5 Å². The second kappa shape index (κ2) is 9.86. The van der Waals surface area contributed by atoms with Crippen LogP contribution in [0.4, 0.5) is 0 Å². The molecule has 0 saturated carbocycles. The summed E-state index contributed by atoms with van der Waals surface area (Å²) >= 11 is 0. The molecule has 2 aromatic carbocycles. The molecule has 1 aliphatic heterocycles. The Kier molecular flexibility index (Phi) is 6.73. The molecule has 6 heteroatoms. The van der Waals surface area contributed by atoms with E-state index in [1.807, 2.05) is 60.7 Å². The van der Waals surface area contributed by atoms with Gasteiger partial charge in [-0.2, -0.15) is 0 Å². The van der Waals surface area contributed by atoms with E-state index in [0.717, 1.165) is 28.0 Å². The van der Waals surface area contributed by atoms with E-state index >= 15 is 0 Å². The van der Waals surface area contributed by atoms with Crippen LogP contribution >= 0.6 is 0 Å². The van der Waals surface area contributed by atoms with E-state index < -0.39 is 5.41 Å². The van der Waals surface area contributed by atoms with Gasteiger partial charge in [-0.1, -0.05) is 36.4 Å². The molecule has 2 amide bonds. The Balaban J connectivity index is 1.46. The highest BCUT2D eigenvalue weighted by Gasteiger charge is 2.44. The summed E-state index contributed by atoms with van der Waals surface area (Å²) in [4.78, 5) is 31.5. The van der Waals surface area contributed by atoms with Gasteiger partial charge in [0.2, 0.25) is 11.8 Å². The van der Waals surface area contributed by atoms with Crippen molar-refractivity contribution in [1.82, 2.24) is 9.88 Å². The third kappa shape index (κ3) is 5.06. The SMILES string of the molecule is COc1ccc(CCC(=O)N2CC[C@](Cc3ccccc3-c3ccncc3)(C(N)=O)C2)cc1. The number of primary amides is 1. The van der Waals surface area contributed by atoms with Crippen molar-refractivity contribution in [2.75, 3.05) is 20.2 Å². The number of amides is 2. The fourth-order valence-corrected chi connectivity index (χ4v) is 4.57. The number of likely N-dealkylation sites (tertiary alicyclic amines) is 1. The van der Waals surface area contributed by atoms with Crippen LogP contribution in [0, 0.1) is 5.41 Å². The minimum atomic E-state index is -0.765. The average molecular weight is 444 g/mol. The van der Waals surface area contributed by atoms with Crippen LogP contribution in [0.25, 0.3) is 11.1 Å². The Morgan fingerprint density at radius 1 is 1.06 bits per heavy atom. The molecule has 33 heavy (non-hydrogen) atoms. The van der Waals surface area contributed by atoms with Gasteiger partial charge in [0, 0.05) is 31.9 Å². The standard InChI is InChI=1S/C27H29N3O3/c1-33-23-9-6-20(7-10-23)8-11-25(31)30-17-14-27(19-30,26(28)32)18-22-4-2-3-5-24(22)21-12-15-29-16-13-21/h2-7,9-10,12-13,15-16H,8,11,14,17-19H2,1H3,(H2,28,32)/t27-/m1/s1. The van der Waals surface area contributed by atoms with Crippen molar-refractivity contribution in [3.05, 3.63) is 84.2 Å². The number of carbonyl (C=O) groups is 2. The van der Waals surface area contributed by atoms with Gasteiger partial charge in [0.1, 0.15) is 5.75 Å². The number of methoxy groups -OCH3 is 1. The topological polar surface area (TPSA) is 85.5 Å². The van der Waals surface area contributed by atoms with Crippen molar-refractivity contribution >= 4 is 11.8 Å². The third-order valence-electron chi connectivity index (χ3n) is 6.55.